The van der Waals surface area contributed by atoms with Crippen LogP contribution in [0, 0.1) is 0 Å². The normalized spacial score (nSPS) is 14.0. The van der Waals surface area contributed by atoms with Gasteiger partial charge in [-0.15, -0.1) is 5.10 Å². The predicted octanol–water partition coefficient (Wildman–Crippen LogP) is 2.97. The Balaban J connectivity index is 1.70. The summed E-state index contributed by atoms with van der Waals surface area (Å²) in [5.41, 5.74) is 9.87. The van der Waals surface area contributed by atoms with Crippen molar-refractivity contribution in [3.8, 4) is 0 Å². The van der Waals surface area contributed by atoms with Crippen LogP contribution < -0.4 is 5.73 Å². The highest BCUT2D eigenvalue weighted by molar-refractivity contribution is 6.29. The highest BCUT2D eigenvalue weighted by Crippen LogP contribution is 2.32. The van der Waals surface area contributed by atoms with Gasteiger partial charge in [0.05, 0.1) is 43.6 Å². The summed E-state index contributed by atoms with van der Waals surface area (Å²) in [5, 5.41) is 9.14. The number of hydrogen-bond donors (Lipinski definition) is 1. The Labute approximate surface area is 179 Å². The number of aromatic nitrogens is 3. The minimum atomic E-state index is -0.172. The molecule has 0 radical (unpaired) electrons. The number of anilines is 1. The van der Waals surface area contributed by atoms with Gasteiger partial charge in [-0.3, -0.25) is 4.79 Å². The van der Waals surface area contributed by atoms with Crippen molar-refractivity contribution in [3.63, 3.8) is 0 Å². The van der Waals surface area contributed by atoms with Gasteiger partial charge in [0.25, 0.3) is 5.91 Å². The van der Waals surface area contributed by atoms with Gasteiger partial charge in [0, 0.05) is 23.6 Å². The number of fused-ring (bicyclic) bond motifs is 3. The van der Waals surface area contributed by atoms with E-state index in [2.05, 4.69) is 15.2 Å². The minimum absolute atomic E-state index is 0.136. The van der Waals surface area contributed by atoms with E-state index in [1.54, 1.807) is 30.2 Å². The maximum atomic E-state index is 13.5. The molecule has 1 atom stereocenters. The quantitative estimate of drug-likeness (QED) is 0.644. The second-order valence-corrected chi connectivity index (χ2v) is 7.65. The fourth-order valence-corrected chi connectivity index (χ4v) is 3.73. The van der Waals surface area contributed by atoms with E-state index in [9.17, 15) is 4.79 Å². The number of amides is 1. The maximum absolute atomic E-state index is 13.5. The van der Waals surface area contributed by atoms with Crippen molar-refractivity contribution >= 4 is 34.2 Å². The van der Waals surface area contributed by atoms with E-state index in [1.165, 1.54) is 0 Å². The molecule has 2 N–H and O–H groups in total. The van der Waals surface area contributed by atoms with Gasteiger partial charge in [0.1, 0.15) is 5.82 Å². The van der Waals surface area contributed by atoms with Crippen molar-refractivity contribution < 1.29 is 14.3 Å². The molecule has 0 bridgehead atoms. The SMILES string of the molecule is COC[C@@H](C)N(Cc1ccc(Cl)nn1)C(=O)c1ccc2nc(N)c3c(c2c1)COC3. The number of pyridine rings is 1. The van der Waals surface area contributed by atoms with Crippen molar-refractivity contribution in [1.82, 2.24) is 20.1 Å². The molecule has 4 rings (SSSR count). The largest absolute Gasteiger partial charge is 0.383 e. The Hall–Kier alpha value is -2.81. The number of carbonyl (C=O) groups excluding carboxylic acids is 1. The summed E-state index contributed by atoms with van der Waals surface area (Å²) in [5.74, 6) is 0.341. The van der Waals surface area contributed by atoms with E-state index in [4.69, 9.17) is 26.8 Å². The summed E-state index contributed by atoms with van der Waals surface area (Å²) in [4.78, 5) is 19.6. The standard InChI is InChI=1S/C21H22ClN5O3/c1-12(9-29-2)27(8-14-4-6-19(22)26-25-14)21(28)13-3-5-18-15(7-13)16-10-30-11-17(16)20(23)24-18/h3-7,12H,8-11H2,1-2H3,(H2,23,24)/t12-/m1/s1. The zero-order chi connectivity index (χ0) is 21.3. The molecule has 0 saturated heterocycles. The fraction of sp³-hybridized carbons (Fsp3) is 0.333. The Bertz CT molecular complexity index is 1090. The number of nitrogens with two attached hydrogens (primary N) is 1. The lowest BCUT2D eigenvalue weighted by Gasteiger charge is -2.28. The molecule has 0 aliphatic carbocycles. The van der Waals surface area contributed by atoms with Crippen LogP contribution in [0.1, 0.15) is 34.1 Å². The number of carbonyl (C=O) groups is 1. The first-order valence-corrected chi connectivity index (χ1v) is 9.92. The van der Waals surface area contributed by atoms with E-state index in [0.717, 1.165) is 22.0 Å². The minimum Gasteiger partial charge on any atom is -0.383 e. The van der Waals surface area contributed by atoms with Crippen LogP contribution in [-0.2, 0) is 29.2 Å². The molecule has 3 heterocycles. The van der Waals surface area contributed by atoms with Crippen LogP contribution in [0.25, 0.3) is 10.9 Å². The number of rotatable bonds is 6. The van der Waals surface area contributed by atoms with Gasteiger partial charge in [-0.05, 0) is 42.8 Å². The number of benzene rings is 1. The smallest absolute Gasteiger partial charge is 0.254 e. The van der Waals surface area contributed by atoms with E-state index in [0.29, 0.717) is 42.0 Å². The van der Waals surface area contributed by atoms with Gasteiger partial charge in [-0.25, -0.2) is 4.98 Å². The van der Waals surface area contributed by atoms with Crippen molar-refractivity contribution in [2.24, 2.45) is 0 Å². The first-order valence-electron chi connectivity index (χ1n) is 9.54. The monoisotopic (exact) mass is 427 g/mol. The molecule has 1 aliphatic rings. The summed E-state index contributed by atoms with van der Waals surface area (Å²) in [7, 11) is 1.61. The summed E-state index contributed by atoms with van der Waals surface area (Å²) in [6.07, 6.45) is 0. The fourth-order valence-electron chi connectivity index (χ4n) is 3.63. The van der Waals surface area contributed by atoms with Crippen molar-refractivity contribution in [1.29, 1.82) is 0 Å². The van der Waals surface area contributed by atoms with Gasteiger partial charge in [0.15, 0.2) is 5.15 Å². The molecule has 0 unspecified atom stereocenters. The van der Waals surface area contributed by atoms with Gasteiger partial charge in [0.2, 0.25) is 0 Å². The number of nitrogen functional groups attached to an aromatic ring is 1. The average Bonchev–Trinajstić information content (AvgIpc) is 3.24. The van der Waals surface area contributed by atoms with Crippen LogP contribution in [0.4, 0.5) is 5.82 Å². The second kappa shape index (κ2) is 8.51. The molecule has 0 spiro atoms. The molecule has 3 aromatic rings. The highest BCUT2D eigenvalue weighted by atomic mass is 35.5. The second-order valence-electron chi connectivity index (χ2n) is 7.26. The molecule has 0 fully saturated rings. The molecular formula is C21H22ClN5O3. The summed E-state index contributed by atoms with van der Waals surface area (Å²) < 4.78 is 10.8. The topological polar surface area (TPSA) is 103 Å². The van der Waals surface area contributed by atoms with Crippen LogP contribution in [0.2, 0.25) is 5.15 Å². The third-order valence-corrected chi connectivity index (χ3v) is 5.40. The molecule has 0 saturated carbocycles. The van der Waals surface area contributed by atoms with Gasteiger partial charge in [-0.1, -0.05) is 11.6 Å². The number of methoxy groups -OCH3 is 1. The summed E-state index contributed by atoms with van der Waals surface area (Å²) in [6.45, 7) is 3.50. The Morgan fingerprint density at radius 3 is 2.80 bits per heavy atom. The van der Waals surface area contributed by atoms with Gasteiger partial charge >= 0.3 is 0 Å². The highest BCUT2D eigenvalue weighted by Gasteiger charge is 2.25. The predicted molar refractivity (Wildman–Crippen MR) is 113 cm³/mol. The lowest BCUT2D eigenvalue weighted by atomic mass is 10.0. The lowest BCUT2D eigenvalue weighted by molar-refractivity contribution is 0.0538. The van der Waals surface area contributed by atoms with Gasteiger partial charge in [-0.2, -0.15) is 5.10 Å². The van der Waals surface area contributed by atoms with E-state index in [1.807, 2.05) is 19.1 Å². The maximum Gasteiger partial charge on any atom is 0.254 e. The van der Waals surface area contributed by atoms with Crippen LogP contribution in [0.15, 0.2) is 30.3 Å². The number of halogens is 1. The first kappa shape index (κ1) is 20.5. The summed E-state index contributed by atoms with van der Waals surface area (Å²) in [6, 6.07) is 8.68. The Morgan fingerprint density at radius 2 is 2.07 bits per heavy atom. The molecular weight excluding hydrogens is 406 g/mol. The van der Waals surface area contributed by atoms with E-state index >= 15 is 0 Å². The molecule has 156 valence electrons. The molecule has 2 aromatic heterocycles. The van der Waals surface area contributed by atoms with E-state index in [-0.39, 0.29) is 18.5 Å². The molecule has 1 aromatic carbocycles. The van der Waals surface area contributed by atoms with E-state index < -0.39 is 0 Å². The molecule has 1 amide bonds. The third-order valence-electron chi connectivity index (χ3n) is 5.20. The van der Waals surface area contributed by atoms with Crippen molar-refractivity contribution in [2.45, 2.75) is 32.7 Å². The first-order chi connectivity index (χ1) is 14.5. The number of ether oxygens (including phenoxy) is 2. The molecule has 1 aliphatic heterocycles. The van der Waals surface area contributed by atoms with Crippen LogP contribution in [-0.4, -0.2) is 45.7 Å². The zero-order valence-corrected chi connectivity index (χ0v) is 17.5. The van der Waals surface area contributed by atoms with Crippen molar-refractivity contribution in [3.05, 3.63) is 57.9 Å². The van der Waals surface area contributed by atoms with Crippen LogP contribution in [0.3, 0.4) is 0 Å². The Morgan fingerprint density at radius 1 is 1.27 bits per heavy atom. The van der Waals surface area contributed by atoms with Crippen LogP contribution in [0.5, 0.6) is 0 Å². The third kappa shape index (κ3) is 3.94. The average molecular weight is 428 g/mol. The molecule has 30 heavy (non-hydrogen) atoms. The van der Waals surface area contributed by atoms with Crippen molar-refractivity contribution in [2.75, 3.05) is 19.5 Å². The van der Waals surface area contributed by atoms with Gasteiger partial charge < -0.3 is 20.1 Å². The van der Waals surface area contributed by atoms with Crippen LogP contribution >= 0.6 is 11.6 Å². The number of nitrogens with zero attached hydrogens (tertiary/aromatic N) is 4. The molecule has 8 nitrogen and oxygen atoms in total. The summed E-state index contributed by atoms with van der Waals surface area (Å²) >= 11 is 5.83. The Kier molecular flexibility index (Phi) is 5.80. The zero-order valence-electron chi connectivity index (χ0n) is 16.8. The number of hydrogen-bond acceptors (Lipinski definition) is 7. The lowest BCUT2D eigenvalue weighted by Crippen LogP contribution is -2.40. The molecule has 9 heteroatoms.